The lowest BCUT2D eigenvalue weighted by atomic mass is 10.1. The van der Waals surface area contributed by atoms with Gasteiger partial charge in [-0.25, -0.2) is 13.6 Å². The first-order chi connectivity index (χ1) is 17.2. The summed E-state index contributed by atoms with van der Waals surface area (Å²) >= 11 is 7.35. The van der Waals surface area contributed by atoms with Crippen LogP contribution in [0.15, 0.2) is 82.8 Å². The molecule has 0 saturated carbocycles. The number of hydrogen-bond acceptors (Lipinski definition) is 6. The zero-order valence-corrected chi connectivity index (χ0v) is 21.8. The average Bonchev–Trinajstić information content (AvgIpc) is 3.27. The van der Waals surface area contributed by atoms with Gasteiger partial charge in [0.2, 0.25) is 15.9 Å². The van der Waals surface area contributed by atoms with Gasteiger partial charge in [0.1, 0.15) is 0 Å². The van der Waals surface area contributed by atoms with Gasteiger partial charge in [-0.3, -0.25) is 9.36 Å². The number of carbonyl (C=O) groups excluding carboxylic acids is 1. The van der Waals surface area contributed by atoms with E-state index in [0.29, 0.717) is 29.0 Å². The number of aromatic nitrogens is 3. The fourth-order valence-corrected chi connectivity index (χ4v) is 4.97. The molecule has 8 nitrogen and oxygen atoms in total. The summed E-state index contributed by atoms with van der Waals surface area (Å²) in [4.78, 5) is 12.6. The van der Waals surface area contributed by atoms with Gasteiger partial charge in [-0.05, 0) is 66.9 Å². The van der Waals surface area contributed by atoms with E-state index in [1.54, 1.807) is 24.3 Å². The van der Waals surface area contributed by atoms with Crippen LogP contribution in [0.4, 0.5) is 0 Å². The molecule has 0 fully saturated rings. The molecule has 3 N–H and O–H groups in total. The number of primary sulfonamides is 1. The fourth-order valence-electron chi connectivity index (χ4n) is 3.55. The van der Waals surface area contributed by atoms with Crippen molar-refractivity contribution in [2.75, 3.05) is 12.3 Å². The van der Waals surface area contributed by atoms with Crippen molar-refractivity contribution in [1.82, 2.24) is 20.1 Å². The van der Waals surface area contributed by atoms with Gasteiger partial charge >= 0.3 is 0 Å². The molecule has 0 saturated heterocycles. The Hall–Kier alpha value is -3.18. The molecule has 11 heteroatoms. The molecule has 36 heavy (non-hydrogen) atoms. The molecular weight excluding hydrogens is 518 g/mol. The summed E-state index contributed by atoms with van der Waals surface area (Å²) in [6, 6.07) is 21.6. The lowest BCUT2D eigenvalue weighted by Crippen LogP contribution is -2.27. The number of hydrogen-bond donors (Lipinski definition) is 2. The van der Waals surface area contributed by atoms with Crippen LogP contribution in [-0.4, -0.2) is 41.4 Å². The number of nitrogens with two attached hydrogens (primary N) is 1. The molecule has 1 amide bonds. The molecule has 1 aromatic heterocycles. The Bertz CT molecular complexity index is 1470. The van der Waals surface area contributed by atoms with E-state index >= 15 is 0 Å². The maximum Gasteiger partial charge on any atom is 0.238 e. The lowest BCUT2D eigenvalue weighted by Gasteiger charge is -2.13. The Morgan fingerprint density at radius 3 is 2.39 bits per heavy atom. The van der Waals surface area contributed by atoms with Crippen molar-refractivity contribution in [3.05, 3.63) is 88.9 Å². The summed E-state index contributed by atoms with van der Waals surface area (Å²) in [6.45, 7) is 2.42. The van der Waals surface area contributed by atoms with Crippen molar-refractivity contribution in [3.63, 3.8) is 0 Å². The van der Waals surface area contributed by atoms with Crippen LogP contribution < -0.4 is 10.5 Å². The van der Waals surface area contributed by atoms with Crippen LogP contribution in [-0.2, 0) is 21.2 Å². The fraction of sp³-hybridized carbons (Fsp3) is 0.160. The van der Waals surface area contributed by atoms with Crippen LogP contribution in [0.5, 0.6) is 0 Å². The number of sulfonamides is 1. The minimum Gasteiger partial charge on any atom is -0.355 e. The number of amides is 1. The second kappa shape index (κ2) is 11.3. The maximum absolute atomic E-state index is 12.5. The molecule has 0 unspecified atom stereocenters. The number of aryl methyl sites for hydroxylation is 1. The van der Waals surface area contributed by atoms with Crippen molar-refractivity contribution < 1.29 is 13.2 Å². The van der Waals surface area contributed by atoms with Crippen molar-refractivity contribution >= 4 is 39.3 Å². The average molecular weight is 542 g/mol. The third-order valence-corrected chi connectivity index (χ3v) is 7.52. The predicted molar refractivity (Wildman–Crippen MR) is 142 cm³/mol. The third kappa shape index (κ3) is 6.33. The van der Waals surface area contributed by atoms with Crippen molar-refractivity contribution in [2.45, 2.75) is 23.4 Å². The second-order valence-electron chi connectivity index (χ2n) is 8.01. The molecule has 186 valence electrons. The van der Waals surface area contributed by atoms with Gasteiger partial charge in [0.05, 0.1) is 16.3 Å². The molecule has 0 aliphatic carbocycles. The van der Waals surface area contributed by atoms with E-state index in [4.69, 9.17) is 16.7 Å². The quantitative estimate of drug-likeness (QED) is 0.309. The molecule has 0 aliphatic rings. The highest BCUT2D eigenvalue weighted by atomic mass is 35.5. The Labute approximate surface area is 218 Å². The van der Waals surface area contributed by atoms with E-state index in [1.165, 1.54) is 23.9 Å². The number of nitrogens with one attached hydrogen (secondary N) is 1. The van der Waals surface area contributed by atoms with Crippen LogP contribution in [0, 0.1) is 6.92 Å². The Kier molecular flexibility index (Phi) is 8.10. The van der Waals surface area contributed by atoms with Crippen LogP contribution in [0.3, 0.4) is 0 Å². The normalized spacial score (nSPS) is 11.4. The van der Waals surface area contributed by atoms with E-state index in [1.807, 2.05) is 47.9 Å². The van der Waals surface area contributed by atoms with Gasteiger partial charge in [0.15, 0.2) is 11.0 Å². The van der Waals surface area contributed by atoms with E-state index in [2.05, 4.69) is 15.5 Å². The number of nitrogens with zero attached hydrogens (tertiary/aromatic N) is 3. The second-order valence-corrected chi connectivity index (χ2v) is 11.0. The SMILES string of the molecule is Cc1ccccc1-n1c(SCC(=O)NCCc2ccc(S(N)(=O)=O)cc2)nnc1-c1ccc(Cl)cc1. The van der Waals surface area contributed by atoms with E-state index in [0.717, 1.165) is 22.4 Å². The van der Waals surface area contributed by atoms with Gasteiger partial charge in [-0.15, -0.1) is 10.2 Å². The monoisotopic (exact) mass is 541 g/mol. The molecule has 0 spiro atoms. The van der Waals surface area contributed by atoms with Crippen LogP contribution in [0.1, 0.15) is 11.1 Å². The van der Waals surface area contributed by atoms with Gasteiger partial charge in [0.25, 0.3) is 0 Å². The summed E-state index contributed by atoms with van der Waals surface area (Å²) in [6.07, 6.45) is 0.557. The maximum atomic E-state index is 12.5. The Balaban J connectivity index is 1.43. The third-order valence-electron chi connectivity index (χ3n) is 5.41. The summed E-state index contributed by atoms with van der Waals surface area (Å²) in [5.74, 6) is 0.676. The van der Waals surface area contributed by atoms with Crippen molar-refractivity contribution in [2.24, 2.45) is 5.14 Å². The highest BCUT2D eigenvalue weighted by Crippen LogP contribution is 2.30. The zero-order chi connectivity index (χ0) is 25.7. The topological polar surface area (TPSA) is 120 Å². The molecule has 0 atom stereocenters. The van der Waals surface area contributed by atoms with Crippen LogP contribution in [0.25, 0.3) is 17.1 Å². The number of rotatable bonds is 9. The number of benzene rings is 3. The van der Waals surface area contributed by atoms with Gasteiger partial charge in [0, 0.05) is 17.1 Å². The lowest BCUT2D eigenvalue weighted by molar-refractivity contribution is -0.118. The standard InChI is InChI=1S/C25H24ClN5O3S2/c1-17-4-2-3-5-22(17)31-24(19-8-10-20(26)11-9-19)29-30-25(31)35-16-23(32)28-15-14-18-6-12-21(13-7-18)36(27,33)34/h2-13H,14-16H2,1H3,(H,28,32)(H2,27,33,34). The molecule has 4 rings (SSSR count). The minimum absolute atomic E-state index is 0.0578. The van der Waals surface area contributed by atoms with Crippen LogP contribution >= 0.6 is 23.4 Å². The molecule has 3 aromatic carbocycles. The molecule has 0 radical (unpaired) electrons. The minimum atomic E-state index is -3.72. The first-order valence-electron chi connectivity index (χ1n) is 11.0. The number of halogens is 1. The Morgan fingerprint density at radius 2 is 1.72 bits per heavy atom. The summed E-state index contributed by atoms with van der Waals surface area (Å²) in [5.41, 5.74) is 3.73. The molecule has 0 bridgehead atoms. The van der Waals surface area contributed by atoms with Gasteiger partial charge in [-0.1, -0.05) is 53.7 Å². The zero-order valence-electron chi connectivity index (χ0n) is 19.4. The number of para-hydroxylation sites is 1. The van der Waals surface area contributed by atoms with E-state index in [9.17, 15) is 13.2 Å². The Morgan fingerprint density at radius 1 is 1.03 bits per heavy atom. The summed E-state index contributed by atoms with van der Waals surface area (Å²) in [7, 11) is -3.72. The first-order valence-corrected chi connectivity index (χ1v) is 13.9. The van der Waals surface area contributed by atoms with Crippen molar-refractivity contribution in [3.8, 4) is 17.1 Å². The highest BCUT2D eigenvalue weighted by molar-refractivity contribution is 7.99. The van der Waals surface area contributed by atoms with Crippen molar-refractivity contribution in [1.29, 1.82) is 0 Å². The molecule has 4 aromatic rings. The van der Waals surface area contributed by atoms with E-state index < -0.39 is 10.0 Å². The van der Waals surface area contributed by atoms with E-state index in [-0.39, 0.29) is 16.6 Å². The smallest absolute Gasteiger partial charge is 0.238 e. The largest absolute Gasteiger partial charge is 0.355 e. The van der Waals surface area contributed by atoms with Crippen LogP contribution in [0.2, 0.25) is 5.02 Å². The summed E-state index contributed by atoms with van der Waals surface area (Å²) in [5, 5.41) is 18.0. The predicted octanol–water partition coefficient (Wildman–Crippen LogP) is 3.99. The highest BCUT2D eigenvalue weighted by Gasteiger charge is 2.18. The van der Waals surface area contributed by atoms with Gasteiger partial charge in [-0.2, -0.15) is 0 Å². The number of thioether (sulfide) groups is 1. The first kappa shape index (κ1) is 25.9. The van der Waals surface area contributed by atoms with Gasteiger partial charge < -0.3 is 5.32 Å². The summed E-state index contributed by atoms with van der Waals surface area (Å²) < 4.78 is 24.7. The number of carbonyl (C=O) groups is 1. The molecule has 1 heterocycles. The molecule has 0 aliphatic heterocycles. The molecular formula is C25H24ClN5O3S2.